The molecular formula is C26H22ClF2N3O5. The van der Waals surface area contributed by atoms with Crippen LogP contribution in [0.1, 0.15) is 45.0 Å². The van der Waals surface area contributed by atoms with Crippen molar-refractivity contribution in [1.82, 2.24) is 4.90 Å². The zero-order chi connectivity index (χ0) is 26.7. The van der Waals surface area contributed by atoms with Crippen molar-refractivity contribution < 1.29 is 28.0 Å². The number of nitrogens with zero attached hydrogens (tertiary/aromatic N) is 2. The third-order valence-corrected chi connectivity index (χ3v) is 6.57. The summed E-state index contributed by atoms with van der Waals surface area (Å²) in [5, 5.41) is 13.4. The molecule has 0 aromatic heterocycles. The maximum absolute atomic E-state index is 13.7. The summed E-state index contributed by atoms with van der Waals surface area (Å²) in [5.41, 5.74) is 1.58. The summed E-state index contributed by atoms with van der Waals surface area (Å²) in [7, 11) is 1.29. The van der Waals surface area contributed by atoms with E-state index in [1.54, 1.807) is 17.0 Å². The Kier molecular flexibility index (Phi) is 7.68. The van der Waals surface area contributed by atoms with Crippen LogP contribution in [-0.4, -0.2) is 41.8 Å². The van der Waals surface area contributed by atoms with Gasteiger partial charge in [0.15, 0.2) is 17.4 Å². The minimum absolute atomic E-state index is 0.00749. The van der Waals surface area contributed by atoms with Crippen molar-refractivity contribution in [3.8, 4) is 5.75 Å². The maximum Gasteiger partial charge on any atom is 0.310 e. The van der Waals surface area contributed by atoms with Gasteiger partial charge in [-0.2, -0.15) is 0 Å². The second kappa shape index (κ2) is 10.9. The molecule has 3 aromatic carbocycles. The molecule has 11 heteroatoms. The zero-order valence-electron chi connectivity index (χ0n) is 19.7. The summed E-state index contributed by atoms with van der Waals surface area (Å²) < 4.78 is 32.1. The van der Waals surface area contributed by atoms with Gasteiger partial charge in [0.25, 0.3) is 11.8 Å². The molecule has 1 heterocycles. The molecule has 0 radical (unpaired) electrons. The largest absolute Gasteiger partial charge is 0.490 e. The first-order valence-corrected chi connectivity index (χ1v) is 11.7. The van der Waals surface area contributed by atoms with Crippen LogP contribution in [0.4, 0.5) is 20.2 Å². The fraction of sp³-hybridized carbons (Fsp3) is 0.231. The Morgan fingerprint density at radius 2 is 1.73 bits per heavy atom. The summed E-state index contributed by atoms with van der Waals surface area (Å²) in [6.07, 6.45) is 1.36. The minimum Gasteiger partial charge on any atom is -0.490 e. The van der Waals surface area contributed by atoms with Crippen LogP contribution in [0, 0.1) is 21.7 Å². The first-order valence-electron chi connectivity index (χ1n) is 11.4. The number of ether oxygens (including phenoxy) is 1. The van der Waals surface area contributed by atoms with Crippen molar-refractivity contribution in [2.75, 3.05) is 25.5 Å². The molecule has 3 aromatic rings. The molecule has 0 saturated carbocycles. The van der Waals surface area contributed by atoms with Crippen LogP contribution in [0.15, 0.2) is 54.6 Å². The Balaban J connectivity index is 1.36. The van der Waals surface area contributed by atoms with E-state index in [1.807, 2.05) is 12.1 Å². The number of anilines is 1. The highest BCUT2D eigenvalue weighted by molar-refractivity contribution is 6.31. The van der Waals surface area contributed by atoms with Gasteiger partial charge in [-0.1, -0.05) is 23.7 Å². The van der Waals surface area contributed by atoms with E-state index in [1.165, 1.54) is 25.3 Å². The van der Waals surface area contributed by atoms with Crippen LogP contribution in [0.2, 0.25) is 5.02 Å². The fourth-order valence-corrected chi connectivity index (χ4v) is 4.50. The number of carbonyl (C=O) groups excluding carboxylic acids is 2. The van der Waals surface area contributed by atoms with Crippen LogP contribution in [0.3, 0.4) is 0 Å². The van der Waals surface area contributed by atoms with E-state index in [0.717, 1.165) is 17.7 Å². The van der Waals surface area contributed by atoms with Crippen LogP contribution >= 0.6 is 11.6 Å². The van der Waals surface area contributed by atoms with Crippen molar-refractivity contribution in [3.05, 3.63) is 98.1 Å². The van der Waals surface area contributed by atoms with E-state index in [0.29, 0.717) is 31.6 Å². The topological polar surface area (TPSA) is 102 Å². The van der Waals surface area contributed by atoms with Crippen molar-refractivity contribution in [3.63, 3.8) is 0 Å². The molecule has 0 aliphatic carbocycles. The van der Waals surface area contributed by atoms with Gasteiger partial charge in [0, 0.05) is 42.0 Å². The summed E-state index contributed by atoms with van der Waals surface area (Å²) in [6, 6.07) is 13.2. The number of nitro groups is 1. The molecule has 1 fully saturated rings. The first kappa shape index (κ1) is 26.0. The van der Waals surface area contributed by atoms with Crippen molar-refractivity contribution >= 4 is 34.8 Å². The van der Waals surface area contributed by atoms with Crippen molar-refractivity contribution in [2.24, 2.45) is 0 Å². The summed E-state index contributed by atoms with van der Waals surface area (Å²) in [4.78, 5) is 37.4. The number of hydrogen-bond donors (Lipinski definition) is 1. The van der Waals surface area contributed by atoms with Gasteiger partial charge in [-0.05, 0) is 54.7 Å². The van der Waals surface area contributed by atoms with E-state index >= 15 is 0 Å². The van der Waals surface area contributed by atoms with Gasteiger partial charge in [0.2, 0.25) is 0 Å². The van der Waals surface area contributed by atoms with E-state index in [4.69, 9.17) is 16.3 Å². The first-order chi connectivity index (χ1) is 17.7. The molecule has 2 amide bonds. The number of rotatable bonds is 6. The molecule has 8 nitrogen and oxygen atoms in total. The normalized spacial score (nSPS) is 13.8. The predicted octanol–water partition coefficient (Wildman–Crippen LogP) is 5.81. The number of amides is 2. The van der Waals surface area contributed by atoms with E-state index in [2.05, 4.69) is 5.32 Å². The number of hydrogen-bond acceptors (Lipinski definition) is 5. The zero-order valence-corrected chi connectivity index (χ0v) is 20.4. The average Bonchev–Trinajstić information content (AvgIpc) is 2.91. The smallest absolute Gasteiger partial charge is 0.310 e. The van der Waals surface area contributed by atoms with Gasteiger partial charge in [0.05, 0.1) is 17.1 Å². The lowest BCUT2D eigenvalue weighted by atomic mass is 9.89. The van der Waals surface area contributed by atoms with E-state index in [9.17, 15) is 28.5 Å². The van der Waals surface area contributed by atoms with Crippen LogP contribution in [0.25, 0.3) is 0 Å². The number of methoxy groups -OCH3 is 1. The lowest BCUT2D eigenvalue weighted by Gasteiger charge is -2.32. The second-order valence-electron chi connectivity index (χ2n) is 8.54. The third-order valence-electron chi connectivity index (χ3n) is 6.29. The molecule has 192 valence electrons. The molecule has 0 unspecified atom stereocenters. The number of nitro benzene ring substituents is 1. The predicted molar refractivity (Wildman–Crippen MR) is 133 cm³/mol. The number of halogens is 3. The Morgan fingerprint density at radius 1 is 1.05 bits per heavy atom. The maximum atomic E-state index is 13.7. The Bertz CT molecular complexity index is 1340. The highest BCUT2D eigenvalue weighted by atomic mass is 35.5. The molecule has 1 saturated heterocycles. The van der Waals surface area contributed by atoms with Gasteiger partial charge in [-0.15, -0.1) is 0 Å². The Morgan fingerprint density at radius 3 is 2.32 bits per heavy atom. The molecule has 1 N–H and O–H groups in total. The number of nitrogens with one attached hydrogen (secondary N) is 1. The quantitative estimate of drug-likeness (QED) is 0.247. The molecule has 1 aliphatic heterocycles. The van der Waals surface area contributed by atoms with Crippen LogP contribution < -0.4 is 10.1 Å². The second-order valence-corrected chi connectivity index (χ2v) is 8.95. The number of benzene rings is 3. The summed E-state index contributed by atoms with van der Waals surface area (Å²) in [6.45, 7) is 0.890. The molecule has 0 bridgehead atoms. The third kappa shape index (κ3) is 5.69. The number of carbonyl (C=O) groups is 2. The highest BCUT2D eigenvalue weighted by Crippen LogP contribution is 2.31. The van der Waals surface area contributed by atoms with Gasteiger partial charge in [0.1, 0.15) is 0 Å². The molecule has 37 heavy (non-hydrogen) atoms. The van der Waals surface area contributed by atoms with Gasteiger partial charge in [-0.25, -0.2) is 8.78 Å². The van der Waals surface area contributed by atoms with E-state index in [-0.39, 0.29) is 28.5 Å². The van der Waals surface area contributed by atoms with Crippen LogP contribution in [-0.2, 0) is 0 Å². The monoisotopic (exact) mass is 529 g/mol. The van der Waals surface area contributed by atoms with Gasteiger partial charge < -0.3 is 15.0 Å². The Labute approximate surface area is 215 Å². The number of likely N-dealkylation sites (tertiary alicyclic amines) is 1. The van der Waals surface area contributed by atoms with Crippen LogP contribution in [0.5, 0.6) is 5.75 Å². The summed E-state index contributed by atoms with van der Waals surface area (Å²) >= 11 is 5.67. The Hall–Kier alpha value is -4.05. The molecule has 1 aliphatic rings. The van der Waals surface area contributed by atoms with E-state index < -0.39 is 33.4 Å². The molecular weight excluding hydrogens is 508 g/mol. The molecule has 0 spiro atoms. The van der Waals surface area contributed by atoms with Crippen molar-refractivity contribution in [2.45, 2.75) is 18.8 Å². The average molecular weight is 530 g/mol. The SMILES string of the molecule is COc1cc(C(=O)Nc2ccc(C3CCN(C(=O)c4cc(F)c(F)c(Cl)c4)CC3)cc2)ccc1[N+](=O)[O-]. The van der Waals surface area contributed by atoms with Crippen molar-refractivity contribution in [1.29, 1.82) is 0 Å². The highest BCUT2D eigenvalue weighted by Gasteiger charge is 2.26. The fourth-order valence-electron chi connectivity index (χ4n) is 4.29. The molecule has 4 rings (SSSR count). The lowest BCUT2D eigenvalue weighted by molar-refractivity contribution is -0.385. The van der Waals surface area contributed by atoms with Gasteiger partial charge in [-0.3, -0.25) is 19.7 Å². The summed E-state index contributed by atoms with van der Waals surface area (Å²) in [5.74, 6) is -3.01. The van der Waals surface area contributed by atoms with Gasteiger partial charge >= 0.3 is 5.69 Å². The molecule has 0 atom stereocenters. The number of piperidine rings is 1. The minimum atomic E-state index is -1.18. The standard InChI is InChI=1S/C26H22ClF2N3O5/c1-37-23-14-17(4-7-22(23)32(35)36)25(33)30-19-5-2-15(3-6-19)16-8-10-31(11-9-16)26(34)18-12-20(27)24(29)21(28)13-18/h2-7,12-14,16H,8-11H2,1H3,(H,30,33). The lowest BCUT2D eigenvalue weighted by Crippen LogP contribution is -2.38.